The predicted molar refractivity (Wildman–Crippen MR) is 61.0 cm³/mol. The Kier molecular flexibility index (Phi) is 5.58. The Morgan fingerprint density at radius 1 is 1.33 bits per heavy atom. The average Bonchev–Trinajstić information content (AvgIpc) is 2.23. The number of unbranched alkanes of at least 4 members (excludes halogenated alkanes) is 1. The number of aryl methyl sites for hydroxylation is 1. The van der Waals surface area contributed by atoms with Crippen LogP contribution in [-0.4, -0.2) is 16.6 Å². The molecule has 0 saturated carbocycles. The summed E-state index contributed by atoms with van der Waals surface area (Å²) in [4.78, 5) is 8.50. The summed E-state index contributed by atoms with van der Waals surface area (Å²) >= 11 is 5.90. The fourth-order valence-electron chi connectivity index (χ4n) is 1.26. The first kappa shape index (κ1) is 12.4. The second-order valence-corrected chi connectivity index (χ2v) is 3.73. The molecule has 1 heterocycles. The van der Waals surface area contributed by atoms with Gasteiger partial charge in [0, 0.05) is 12.3 Å². The summed E-state index contributed by atoms with van der Waals surface area (Å²) in [6, 6.07) is 1.83. The molecule has 84 valence electrons. The second kappa shape index (κ2) is 6.75. The number of ether oxygens (including phenoxy) is 1. The van der Waals surface area contributed by atoms with Gasteiger partial charge in [0.15, 0.2) is 5.82 Å². The molecule has 0 fully saturated rings. The van der Waals surface area contributed by atoms with E-state index in [4.69, 9.17) is 16.3 Å². The molecule has 15 heavy (non-hydrogen) atoms. The Hall–Kier alpha value is -0.670. The number of rotatable bonds is 6. The van der Waals surface area contributed by atoms with Crippen LogP contribution in [0.25, 0.3) is 0 Å². The molecule has 0 N–H and O–H groups in total. The van der Waals surface area contributed by atoms with E-state index in [0.717, 1.165) is 25.0 Å². The van der Waals surface area contributed by atoms with Crippen molar-refractivity contribution in [3.8, 4) is 0 Å². The van der Waals surface area contributed by atoms with Crippen molar-refractivity contribution >= 4 is 11.6 Å². The minimum Gasteiger partial charge on any atom is -0.374 e. The van der Waals surface area contributed by atoms with E-state index in [0.29, 0.717) is 24.2 Å². The highest BCUT2D eigenvalue weighted by Gasteiger charge is 2.03. The Balaban J connectivity index is 2.66. The zero-order valence-electron chi connectivity index (χ0n) is 9.29. The third-order valence-corrected chi connectivity index (χ3v) is 2.21. The lowest BCUT2D eigenvalue weighted by molar-refractivity contribution is 0.128. The fraction of sp³-hybridized carbons (Fsp3) is 0.636. The van der Waals surface area contributed by atoms with Crippen LogP contribution < -0.4 is 0 Å². The standard InChI is InChI=1S/C11H17ClN2O/c1-3-5-6-9-7-10(12)14-11(13-9)8-15-4-2/h7H,3-6,8H2,1-2H3. The molecule has 1 aromatic rings. The van der Waals surface area contributed by atoms with Crippen molar-refractivity contribution in [3.05, 3.63) is 22.7 Å². The Labute approximate surface area is 95.8 Å². The Morgan fingerprint density at radius 2 is 2.13 bits per heavy atom. The first-order valence-corrected chi connectivity index (χ1v) is 5.74. The van der Waals surface area contributed by atoms with Crippen molar-refractivity contribution in [2.45, 2.75) is 39.7 Å². The van der Waals surface area contributed by atoms with E-state index in [2.05, 4.69) is 16.9 Å². The van der Waals surface area contributed by atoms with Gasteiger partial charge >= 0.3 is 0 Å². The topological polar surface area (TPSA) is 35.0 Å². The highest BCUT2D eigenvalue weighted by Crippen LogP contribution is 2.10. The molecule has 0 saturated heterocycles. The highest BCUT2D eigenvalue weighted by molar-refractivity contribution is 6.29. The van der Waals surface area contributed by atoms with Crippen LogP contribution >= 0.6 is 11.6 Å². The molecule has 3 nitrogen and oxygen atoms in total. The van der Waals surface area contributed by atoms with Crippen LogP contribution in [0.4, 0.5) is 0 Å². The zero-order chi connectivity index (χ0) is 11.1. The summed E-state index contributed by atoms with van der Waals surface area (Å²) < 4.78 is 5.25. The van der Waals surface area contributed by atoms with Crippen molar-refractivity contribution in [1.82, 2.24) is 9.97 Å². The van der Waals surface area contributed by atoms with Crippen molar-refractivity contribution < 1.29 is 4.74 Å². The zero-order valence-corrected chi connectivity index (χ0v) is 10.0. The van der Waals surface area contributed by atoms with Crippen LogP contribution in [0.15, 0.2) is 6.07 Å². The molecule has 0 radical (unpaired) electrons. The molecular weight excluding hydrogens is 212 g/mol. The molecule has 0 aliphatic rings. The smallest absolute Gasteiger partial charge is 0.155 e. The minimum atomic E-state index is 0.441. The lowest BCUT2D eigenvalue weighted by Crippen LogP contribution is -2.02. The van der Waals surface area contributed by atoms with Crippen molar-refractivity contribution in [1.29, 1.82) is 0 Å². The van der Waals surface area contributed by atoms with Gasteiger partial charge in [0.25, 0.3) is 0 Å². The quantitative estimate of drug-likeness (QED) is 0.702. The van der Waals surface area contributed by atoms with E-state index in [1.54, 1.807) is 0 Å². The Bertz CT molecular complexity index is 278. The summed E-state index contributed by atoms with van der Waals surface area (Å²) in [5, 5.41) is 0.505. The van der Waals surface area contributed by atoms with Gasteiger partial charge in [0.1, 0.15) is 11.8 Å². The van der Waals surface area contributed by atoms with E-state index < -0.39 is 0 Å². The van der Waals surface area contributed by atoms with Crippen molar-refractivity contribution in [3.63, 3.8) is 0 Å². The maximum absolute atomic E-state index is 5.90. The molecule has 1 aromatic heterocycles. The number of nitrogens with zero attached hydrogens (tertiary/aromatic N) is 2. The molecule has 4 heteroatoms. The third kappa shape index (κ3) is 4.58. The van der Waals surface area contributed by atoms with E-state index in [9.17, 15) is 0 Å². The molecule has 0 aliphatic carbocycles. The van der Waals surface area contributed by atoms with Gasteiger partial charge in [-0.3, -0.25) is 0 Å². The molecule has 0 aromatic carbocycles. The van der Waals surface area contributed by atoms with Gasteiger partial charge in [-0.2, -0.15) is 0 Å². The number of hydrogen-bond acceptors (Lipinski definition) is 3. The third-order valence-electron chi connectivity index (χ3n) is 2.02. The maximum atomic E-state index is 5.90. The largest absolute Gasteiger partial charge is 0.374 e. The van der Waals surface area contributed by atoms with E-state index in [1.165, 1.54) is 0 Å². The van der Waals surface area contributed by atoms with Crippen LogP contribution in [0.5, 0.6) is 0 Å². The van der Waals surface area contributed by atoms with Gasteiger partial charge in [0.2, 0.25) is 0 Å². The molecule has 1 rings (SSSR count). The molecule has 0 aliphatic heterocycles. The normalized spacial score (nSPS) is 10.6. The fourth-order valence-corrected chi connectivity index (χ4v) is 1.48. The SMILES string of the molecule is CCCCc1cc(Cl)nc(COCC)n1. The van der Waals surface area contributed by atoms with E-state index in [1.807, 2.05) is 13.0 Å². The monoisotopic (exact) mass is 228 g/mol. The minimum absolute atomic E-state index is 0.441. The number of hydrogen-bond donors (Lipinski definition) is 0. The summed E-state index contributed by atoms with van der Waals surface area (Å²) in [6.07, 6.45) is 3.24. The van der Waals surface area contributed by atoms with Crippen LogP contribution in [-0.2, 0) is 17.8 Å². The first-order valence-electron chi connectivity index (χ1n) is 5.36. The molecular formula is C11H17ClN2O. The second-order valence-electron chi connectivity index (χ2n) is 3.34. The van der Waals surface area contributed by atoms with Crippen LogP contribution in [0.3, 0.4) is 0 Å². The molecule has 0 atom stereocenters. The van der Waals surface area contributed by atoms with Gasteiger partial charge < -0.3 is 4.74 Å². The van der Waals surface area contributed by atoms with Gasteiger partial charge in [-0.05, 0) is 25.8 Å². The lowest BCUT2D eigenvalue weighted by atomic mass is 10.2. The lowest BCUT2D eigenvalue weighted by Gasteiger charge is -2.04. The average molecular weight is 229 g/mol. The first-order chi connectivity index (χ1) is 7.26. The molecule has 0 amide bonds. The van der Waals surface area contributed by atoms with Gasteiger partial charge in [-0.15, -0.1) is 0 Å². The van der Waals surface area contributed by atoms with Crippen LogP contribution in [0, 0.1) is 0 Å². The van der Waals surface area contributed by atoms with Gasteiger partial charge in [-0.1, -0.05) is 24.9 Å². The molecule has 0 spiro atoms. The predicted octanol–water partition coefficient (Wildman–Crippen LogP) is 3.01. The van der Waals surface area contributed by atoms with Gasteiger partial charge in [0.05, 0.1) is 0 Å². The summed E-state index contributed by atoms with van der Waals surface area (Å²) in [5.41, 5.74) is 1.01. The molecule has 0 bridgehead atoms. The highest BCUT2D eigenvalue weighted by atomic mass is 35.5. The van der Waals surface area contributed by atoms with Crippen LogP contribution in [0.1, 0.15) is 38.2 Å². The summed E-state index contributed by atoms with van der Waals surface area (Å²) in [7, 11) is 0. The van der Waals surface area contributed by atoms with Crippen molar-refractivity contribution in [2.75, 3.05) is 6.61 Å². The molecule has 0 unspecified atom stereocenters. The summed E-state index contributed by atoms with van der Waals surface area (Å²) in [6.45, 7) is 5.21. The number of aromatic nitrogens is 2. The number of halogens is 1. The maximum Gasteiger partial charge on any atom is 0.155 e. The van der Waals surface area contributed by atoms with E-state index in [-0.39, 0.29) is 0 Å². The summed E-state index contributed by atoms with van der Waals surface area (Å²) in [5.74, 6) is 0.676. The van der Waals surface area contributed by atoms with Gasteiger partial charge in [-0.25, -0.2) is 9.97 Å². The Morgan fingerprint density at radius 3 is 2.80 bits per heavy atom. The van der Waals surface area contributed by atoms with E-state index >= 15 is 0 Å². The van der Waals surface area contributed by atoms with Crippen LogP contribution in [0.2, 0.25) is 5.15 Å². The van der Waals surface area contributed by atoms with Crippen molar-refractivity contribution in [2.24, 2.45) is 0 Å².